The SMILES string of the molecule is BC1=C(c2nc(-c3ccc4c(c3)-c3ccccc3C43c4ccccc4C=Cc4ccccc43)nc(-c3c(B)c(B)c(B)c(O)c3B)n2)C(O)=C(O)C(B)C1B. The highest BCUT2D eigenvalue weighted by molar-refractivity contribution is 6.62. The van der Waals surface area contributed by atoms with Crippen molar-refractivity contribution in [3.05, 3.63) is 147 Å². The minimum Gasteiger partial charge on any atom is -0.509 e. The third kappa shape index (κ3) is 4.88. The fourth-order valence-electron chi connectivity index (χ4n) is 9.34. The highest BCUT2D eigenvalue weighted by atomic mass is 16.3. The molecular weight excluding hydrogens is 670 g/mol. The summed E-state index contributed by atoms with van der Waals surface area (Å²) in [5, 5.41) is 33.8. The Kier molecular flexibility index (Phi) is 8.02. The molecule has 2 unspecified atom stereocenters. The first-order valence-corrected chi connectivity index (χ1v) is 19.0. The van der Waals surface area contributed by atoms with Crippen molar-refractivity contribution in [2.75, 3.05) is 0 Å². The molecule has 3 aliphatic rings. The lowest BCUT2D eigenvalue weighted by atomic mass is 9.55. The maximum absolute atomic E-state index is 11.5. The minimum atomic E-state index is -0.563. The first kappa shape index (κ1) is 34.9. The molecule has 258 valence electrons. The highest BCUT2D eigenvalue weighted by Gasteiger charge is 2.48. The van der Waals surface area contributed by atoms with Crippen molar-refractivity contribution in [2.24, 2.45) is 0 Å². The summed E-state index contributed by atoms with van der Waals surface area (Å²) in [5.41, 5.74) is 15.1. The van der Waals surface area contributed by atoms with Crippen LogP contribution in [-0.2, 0) is 5.41 Å². The van der Waals surface area contributed by atoms with Gasteiger partial charge in [-0.3, -0.25) is 0 Å². The summed E-state index contributed by atoms with van der Waals surface area (Å²) in [6, 6.07) is 32.6. The molecule has 0 saturated carbocycles. The lowest BCUT2D eigenvalue weighted by Crippen LogP contribution is -2.44. The second kappa shape index (κ2) is 12.6. The number of phenolic OH excluding ortho intramolecular Hbond substituents is 1. The van der Waals surface area contributed by atoms with E-state index in [0.717, 1.165) is 44.1 Å². The normalized spacial score (nSPS) is 17.7. The Morgan fingerprint density at radius 3 is 1.76 bits per heavy atom. The average molecular weight is 706 g/mol. The number of aromatic hydroxyl groups is 1. The molecule has 0 saturated heterocycles. The Bertz CT molecular complexity index is 2690. The van der Waals surface area contributed by atoms with Gasteiger partial charge >= 0.3 is 0 Å². The van der Waals surface area contributed by atoms with Crippen LogP contribution in [0.2, 0.25) is 11.6 Å². The first-order valence-electron chi connectivity index (χ1n) is 19.0. The molecule has 0 aliphatic heterocycles. The standard InChI is InChI=1S/C42H36B7N3O3/c43-29-27(31(45)37(54)34(48)32(29)46)40-50-39(51-41(52-40)28-30(44)33(47)35(49)38(55)36(28)53)20-15-16-26-22(17-20)21-9-3-6-12-25(21)42(26)23-10-4-1-7-18(23)13-14-19-8-2-5-11-24(19)42/h1-17,33,35,53-55H,43-49H2. The monoisotopic (exact) mass is 707 g/mol. The Labute approximate surface area is 327 Å². The number of hydrogen-bond donors (Lipinski definition) is 3. The van der Waals surface area contributed by atoms with Crippen LogP contribution in [0.4, 0.5) is 0 Å². The quantitative estimate of drug-likeness (QED) is 0.211. The molecule has 1 heterocycles. The number of allylic oxidation sites excluding steroid dienone is 3. The van der Waals surface area contributed by atoms with Crippen LogP contribution < -0.4 is 21.9 Å². The van der Waals surface area contributed by atoms with Crippen molar-refractivity contribution in [3.8, 4) is 39.7 Å². The Balaban J connectivity index is 1.33. The van der Waals surface area contributed by atoms with Gasteiger partial charge in [0.25, 0.3) is 0 Å². The van der Waals surface area contributed by atoms with Crippen molar-refractivity contribution >= 4 is 94.5 Å². The molecular formula is C42H36B7N3O3. The number of rotatable bonds is 3. The summed E-state index contributed by atoms with van der Waals surface area (Å²) >= 11 is 0. The van der Waals surface area contributed by atoms with Crippen molar-refractivity contribution in [2.45, 2.75) is 17.0 Å². The van der Waals surface area contributed by atoms with Crippen LogP contribution >= 0.6 is 0 Å². The van der Waals surface area contributed by atoms with Gasteiger partial charge in [-0.15, -0.1) is 5.47 Å². The van der Waals surface area contributed by atoms with Crippen molar-refractivity contribution in [1.82, 2.24) is 15.0 Å². The highest BCUT2D eigenvalue weighted by Crippen LogP contribution is 2.58. The molecule has 9 rings (SSSR count). The van der Waals surface area contributed by atoms with Crippen LogP contribution in [0.25, 0.3) is 51.6 Å². The summed E-state index contributed by atoms with van der Waals surface area (Å²) in [6.07, 6.45) is 4.46. The topological polar surface area (TPSA) is 99.4 Å². The van der Waals surface area contributed by atoms with E-state index in [1.165, 1.54) is 33.4 Å². The zero-order valence-corrected chi connectivity index (χ0v) is 32.2. The Morgan fingerprint density at radius 1 is 0.527 bits per heavy atom. The third-order valence-corrected chi connectivity index (χ3v) is 12.9. The summed E-state index contributed by atoms with van der Waals surface area (Å²) < 4.78 is 0. The maximum Gasteiger partial charge on any atom is 0.167 e. The molecule has 3 aliphatic carbocycles. The van der Waals surface area contributed by atoms with Gasteiger partial charge in [-0.1, -0.05) is 119 Å². The predicted octanol–water partition coefficient (Wildman–Crippen LogP) is -0.680. The van der Waals surface area contributed by atoms with E-state index in [1.54, 1.807) is 0 Å². The molecule has 0 bridgehead atoms. The summed E-state index contributed by atoms with van der Waals surface area (Å²) in [6.45, 7) is 0. The number of hydrogen-bond acceptors (Lipinski definition) is 6. The number of benzene rings is 5. The Hall–Kier alpha value is -5.82. The molecule has 5 aromatic carbocycles. The smallest absolute Gasteiger partial charge is 0.167 e. The van der Waals surface area contributed by atoms with Gasteiger partial charge in [0, 0.05) is 11.1 Å². The molecule has 0 fully saturated rings. The van der Waals surface area contributed by atoms with Crippen LogP contribution in [0, 0.1) is 0 Å². The molecule has 0 amide bonds. The van der Waals surface area contributed by atoms with Gasteiger partial charge in [0.05, 0.1) is 11.0 Å². The molecule has 1 spiro atoms. The van der Waals surface area contributed by atoms with Crippen LogP contribution in [-0.4, -0.2) is 85.2 Å². The van der Waals surface area contributed by atoms with Gasteiger partial charge in [-0.2, -0.15) is 0 Å². The molecule has 13 heteroatoms. The van der Waals surface area contributed by atoms with E-state index in [1.807, 2.05) is 54.9 Å². The molecule has 1 aromatic heterocycles. The van der Waals surface area contributed by atoms with Crippen LogP contribution in [0.5, 0.6) is 5.75 Å². The maximum atomic E-state index is 11.5. The van der Waals surface area contributed by atoms with E-state index in [9.17, 15) is 15.3 Å². The van der Waals surface area contributed by atoms with E-state index in [-0.39, 0.29) is 34.7 Å². The lowest BCUT2D eigenvalue weighted by Gasteiger charge is -2.35. The van der Waals surface area contributed by atoms with Crippen LogP contribution in [0.1, 0.15) is 39.2 Å². The molecule has 0 radical (unpaired) electrons. The molecule has 2 atom stereocenters. The van der Waals surface area contributed by atoms with E-state index >= 15 is 0 Å². The zero-order chi connectivity index (χ0) is 38.5. The summed E-state index contributed by atoms with van der Waals surface area (Å²) in [4.78, 5) is 15.3. The van der Waals surface area contributed by atoms with E-state index in [4.69, 9.17) is 15.0 Å². The van der Waals surface area contributed by atoms with E-state index in [0.29, 0.717) is 22.7 Å². The van der Waals surface area contributed by atoms with E-state index in [2.05, 4.69) is 103 Å². The number of phenols is 1. The second-order valence-corrected chi connectivity index (χ2v) is 15.5. The number of aliphatic hydroxyl groups is 2. The van der Waals surface area contributed by atoms with Gasteiger partial charge in [0.15, 0.2) is 23.2 Å². The fraction of sp³-hybridized carbons (Fsp3) is 0.0714. The lowest BCUT2D eigenvalue weighted by molar-refractivity contribution is 0.322. The number of fused-ring (bicyclic) bond motifs is 9. The summed E-state index contributed by atoms with van der Waals surface area (Å²) in [5.74, 6) is 0.683. The first-order chi connectivity index (χ1) is 26.4. The van der Waals surface area contributed by atoms with Crippen molar-refractivity contribution < 1.29 is 15.3 Å². The average Bonchev–Trinajstić information content (AvgIpc) is 3.41. The van der Waals surface area contributed by atoms with Gasteiger partial charge in [0.1, 0.15) is 66.4 Å². The third-order valence-electron chi connectivity index (χ3n) is 12.9. The minimum absolute atomic E-state index is 0.0591. The second-order valence-electron chi connectivity index (χ2n) is 15.5. The van der Waals surface area contributed by atoms with Gasteiger partial charge < -0.3 is 15.3 Å². The van der Waals surface area contributed by atoms with Gasteiger partial charge in [0.2, 0.25) is 0 Å². The Morgan fingerprint density at radius 2 is 1.09 bits per heavy atom. The number of aliphatic hydroxyl groups excluding tert-OH is 2. The fourth-order valence-corrected chi connectivity index (χ4v) is 9.34. The van der Waals surface area contributed by atoms with Crippen LogP contribution in [0.15, 0.2) is 108 Å². The predicted molar refractivity (Wildman–Crippen MR) is 244 cm³/mol. The van der Waals surface area contributed by atoms with Crippen molar-refractivity contribution in [1.29, 1.82) is 0 Å². The largest absolute Gasteiger partial charge is 0.509 e. The van der Waals surface area contributed by atoms with Crippen molar-refractivity contribution in [3.63, 3.8) is 0 Å². The molecule has 55 heavy (non-hydrogen) atoms. The molecule has 6 nitrogen and oxygen atoms in total. The van der Waals surface area contributed by atoms with Gasteiger partial charge in [-0.25, -0.2) is 15.0 Å². The van der Waals surface area contributed by atoms with Crippen LogP contribution in [0.3, 0.4) is 0 Å². The zero-order valence-electron chi connectivity index (χ0n) is 32.2. The molecule has 6 aromatic rings. The molecule has 3 N–H and O–H groups in total. The number of nitrogens with zero attached hydrogens (tertiary/aromatic N) is 3. The number of aromatic nitrogens is 3. The van der Waals surface area contributed by atoms with Gasteiger partial charge in [-0.05, 0) is 61.9 Å². The summed E-state index contributed by atoms with van der Waals surface area (Å²) in [7, 11) is 13.7. The van der Waals surface area contributed by atoms with E-state index < -0.39 is 5.41 Å².